The number of ketones is 2. The van der Waals surface area contributed by atoms with Gasteiger partial charge < -0.3 is 9.84 Å². The summed E-state index contributed by atoms with van der Waals surface area (Å²) in [4.78, 5) is 22.2. The highest BCUT2D eigenvalue weighted by Crippen LogP contribution is 2.17. The smallest absolute Gasteiger partial charge is 0.220 e. The topological polar surface area (TPSA) is 63.6 Å². The van der Waals surface area contributed by atoms with E-state index < -0.39 is 17.6 Å². The van der Waals surface area contributed by atoms with Crippen molar-refractivity contribution in [1.82, 2.24) is 0 Å². The van der Waals surface area contributed by atoms with Gasteiger partial charge in [-0.25, -0.2) is 0 Å². The van der Waals surface area contributed by atoms with Gasteiger partial charge in [-0.15, -0.1) is 0 Å². The Bertz CT molecular complexity index is 312. The van der Waals surface area contributed by atoms with Crippen molar-refractivity contribution in [2.75, 3.05) is 7.11 Å². The molecule has 0 saturated carbocycles. The van der Waals surface area contributed by atoms with Gasteiger partial charge in [0.2, 0.25) is 5.78 Å². The fourth-order valence-electron chi connectivity index (χ4n) is 1.08. The van der Waals surface area contributed by atoms with Crippen LogP contribution in [0.5, 0.6) is 0 Å². The van der Waals surface area contributed by atoms with Crippen molar-refractivity contribution in [3.63, 3.8) is 0 Å². The summed E-state index contributed by atoms with van der Waals surface area (Å²) in [5.74, 6) is -1.45. The number of allylic oxidation sites excluding steroid dienone is 2. The molecular formula is C9H10O4. The molecule has 0 heterocycles. The predicted molar refractivity (Wildman–Crippen MR) is 45.3 cm³/mol. The summed E-state index contributed by atoms with van der Waals surface area (Å²) < 4.78 is 4.85. The Morgan fingerprint density at radius 2 is 1.85 bits per heavy atom. The molecule has 0 aromatic carbocycles. The summed E-state index contributed by atoms with van der Waals surface area (Å²) >= 11 is 0. The van der Waals surface area contributed by atoms with E-state index in [1.54, 1.807) is 6.92 Å². The third kappa shape index (κ3) is 1.67. The third-order valence-electron chi connectivity index (χ3n) is 1.90. The molecule has 0 aromatic rings. The molecule has 1 unspecified atom stereocenters. The van der Waals surface area contributed by atoms with Crippen molar-refractivity contribution in [1.29, 1.82) is 0 Å². The van der Waals surface area contributed by atoms with E-state index >= 15 is 0 Å². The summed E-state index contributed by atoms with van der Waals surface area (Å²) in [6.07, 6.45) is 1.61. The van der Waals surface area contributed by atoms with Gasteiger partial charge in [0, 0.05) is 7.11 Å². The minimum atomic E-state index is -0.568. The fraction of sp³-hybridized carbons (Fsp3) is 0.333. The largest absolute Gasteiger partial charge is 0.504 e. The summed E-state index contributed by atoms with van der Waals surface area (Å²) in [5.41, 5.74) is 0.0231. The van der Waals surface area contributed by atoms with Gasteiger partial charge in [0.15, 0.2) is 11.5 Å². The first kappa shape index (κ1) is 9.67. The monoisotopic (exact) mass is 182 g/mol. The lowest BCUT2D eigenvalue weighted by atomic mass is 9.98. The molecule has 0 spiro atoms. The fourth-order valence-corrected chi connectivity index (χ4v) is 1.08. The second kappa shape index (κ2) is 3.53. The zero-order valence-electron chi connectivity index (χ0n) is 7.40. The van der Waals surface area contributed by atoms with Crippen molar-refractivity contribution in [3.8, 4) is 0 Å². The van der Waals surface area contributed by atoms with Gasteiger partial charge in [0.05, 0.1) is 11.7 Å². The number of rotatable bonds is 2. The quantitative estimate of drug-likeness (QED) is 0.633. The van der Waals surface area contributed by atoms with Crippen LogP contribution in [-0.4, -0.2) is 29.9 Å². The SMILES string of the molecule is COC(C)C1=C(O)C(=O)C=CC1=O. The first-order valence-corrected chi connectivity index (χ1v) is 3.80. The average Bonchev–Trinajstić information content (AvgIpc) is 2.12. The molecule has 1 rings (SSSR count). The van der Waals surface area contributed by atoms with E-state index in [0.717, 1.165) is 12.2 Å². The first-order chi connectivity index (χ1) is 6.07. The number of hydrogen-bond acceptors (Lipinski definition) is 4. The molecule has 1 aliphatic carbocycles. The normalized spacial score (nSPS) is 19.5. The maximum Gasteiger partial charge on any atom is 0.220 e. The van der Waals surface area contributed by atoms with Crippen molar-refractivity contribution < 1.29 is 19.4 Å². The molecule has 1 N–H and O–H groups in total. The lowest BCUT2D eigenvalue weighted by molar-refractivity contribution is -0.117. The molecular weight excluding hydrogens is 172 g/mol. The second-order valence-corrected chi connectivity index (χ2v) is 2.70. The number of carbonyl (C=O) groups excluding carboxylic acids is 2. The Balaban J connectivity index is 3.09. The zero-order valence-corrected chi connectivity index (χ0v) is 7.40. The molecule has 1 atom stereocenters. The highest BCUT2D eigenvalue weighted by Gasteiger charge is 2.26. The minimum absolute atomic E-state index is 0.0231. The standard InChI is InChI=1S/C9H10O4/c1-5(13-2)8-6(10)3-4-7(11)9(8)12/h3-5,12H,1-2H3. The summed E-state index contributed by atoms with van der Waals surface area (Å²) in [6, 6.07) is 0. The number of aliphatic hydroxyl groups is 1. The Kier molecular flexibility index (Phi) is 2.63. The van der Waals surface area contributed by atoms with E-state index in [0.29, 0.717) is 0 Å². The van der Waals surface area contributed by atoms with Crippen LogP contribution in [-0.2, 0) is 14.3 Å². The van der Waals surface area contributed by atoms with E-state index in [-0.39, 0.29) is 11.4 Å². The molecule has 0 radical (unpaired) electrons. The maximum atomic E-state index is 11.2. The van der Waals surface area contributed by atoms with Crippen LogP contribution in [0.25, 0.3) is 0 Å². The van der Waals surface area contributed by atoms with E-state index in [9.17, 15) is 14.7 Å². The number of carbonyl (C=O) groups is 2. The third-order valence-corrected chi connectivity index (χ3v) is 1.90. The average molecular weight is 182 g/mol. The van der Waals surface area contributed by atoms with Crippen LogP contribution >= 0.6 is 0 Å². The molecule has 70 valence electrons. The van der Waals surface area contributed by atoms with Gasteiger partial charge in [-0.2, -0.15) is 0 Å². The van der Waals surface area contributed by atoms with Crippen LogP contribution in [0.4, 0.5) is 0 Å². The molecule has 1 aliphatic rings. The molecule has 0 aromatic heterocycles. The van der Waals surface area contributed by atoms with E-state index in [1.165, 1.54) is 7.11 Å². The van der Waals surface area contributed by atoms with Crippen LogP contribution in [0, 0.1) is 0 Å². The summed E-state index contributed by atoms with van der Waals surface area (Å²) in [7, 11) is 1.40. The Morgan fingerprint density at radius 3 is 2.38 bits per heavy atom. The van der Waals surface area contributed by atoms with Gasteiger partial charge in [0.25, 0.3) is 0 Å². The lowest BCUT2D eigenvalue weighted by Gasteiger charge is -2.15. The van der Waals surface area contributed by atoms with Crippen LogP contribution in [0.15, 0.2) is 23.5 Å². The number of hydrogen-bond donors (Lipinski definition) is 1. The number of methoxy groups -OCH3 is 1. The molecule has 0 bridgehead atoms. The highest BCUT2D eigenvalue weighted by atomic mass is 16.5. The van der Waals surface area contributed by atoms with Gasteiger partial charge in [-0.1, -0.05) is 0 Å². The number of ether oxygens (including phenoxy) is 1. The van der Waals surface area contributed by atoms with Crippen molar-refractivity contribution in [2.24, 2.45) is 0 Å². The highest BCUT2D eigenvalue weighted by molar-refractivity contribution is 6.19. The Hall–Kier alpha value is -1.42. The van der Waals surface area contributed by atoms with Gasteiger partial charge in [-0.05, 0) is 19.1 Å². The molecule has 4 nitrogen and oxygen atoms in total. The van der Waals surface area contributed by atoms with Crippen molar-refractivity contribution >= 4 is 11.6 Å². The molecule has 13 heavy (non-hydrogen) atoms. The molecule has 0 aliphatic heterocycles. The molecule has 0 fully saturated rings. The Morgan fingerprint density at radius 1 is 1.31 bits per heavy atom. The van der Waals surface area contributed by atoms with Crippen molar-refractivity contribution in [3.05, 3.63) is 23.5 Å². The lowest BCUT2D eigenvalue weighted by Crippen LogP contribution is -2.23. The van der Waals surface area contributed by atoms with Crippen LogP contribution < -0.4 is 0 Å². The maximum absolute atomic E-state index is 11.2. The van der Waals surface area contributed by atoms with Crippen LogP contribution in [0.3, 0.4) is 0 Å². The predicted octanol–water partition coefficient (Wildman–Crippen LogP) is 0.541. The van der Waals surface area contributed by atoms with E-state index in [2.05, 4.69) is 0 Å². The molecule has 4 heteroatoms. The van der Waals surface area contributed by atoms with E-state index in [4.69, 9.17) is 4.74 Å². The molecule has 0 saturated heterocycles. The zero-order chi connectivity index (χ0) is 10.0. The van der Waals surface area contributed by atoms with E-state index in [1.807, 2.05) is 0 Å². The van der Waals surface area contributed by atoms with Gasteiger partial charge >= 0.3 is 0 Å². The van der Waals surface area contributed by atoms with Crippen LogP contribution in [0.1, 0.15) is 6.92 Å². The molecule has 0 amide bonds. The minimum Gasteiger partial charge on any atom is -0.504 e. The second-order valence-electron chi connectivity index (χ2n) is 2.70. The van der Waals surface area contributed by atoms with Gasteiger partial charge in [0.1, 0.15) is 0 Å². The summed E-state index contributed by atoms with van der Waals surface area (Å²) in [6.45, 7) is 1.59. The number of aliphatic hydroxyl groups excluding tert-OH is 1. The van der Waals surface area contributed by atoms with Crippen LogP contribution in [0.2, 0.25) is 0 Å². The Labute approximate surface area is 75.5 Å². The van der Waals surface area contributed by atoms with Gasteiger partial charge in [-0.3, -0.25) is 9.59 Å². The first-order valence-electron chi connectivity index (χ1n) is 3.80. The summed E-state index contributed by atoms with van der Waals surface area (Å²) in [5, 5.41) is 9.29. The van der Waals surface area contributed by atoms with Crippen molar-refractivity contribution in [2.45, 2.75) is 13.0 Å².